The Morgan fingerprint density at radius 2 is 1.76 bits per heavy atom. The standard InChI is InChI=1S/C19H34FN5/c1-14(2)25(15(3)4)11-10-22-19(21-5)23-13-16-8-9-18(24(6)7)17(20)12-16/h8-9,12,14-15H,10-11,13H2,1-7H3,(H2,21,22,23). The van der Waals surface area contributed by atoms with Crippen LogP contribution >= 0.6 is 0 Å². The van der Waals surface area contributed by atoms with Crippen molar-refractivity contribution < 1.29 is 4.39 Å². The second kappa shape index (κ2) is 10.2. The zero-order valence-electron chi connectivity index (χ0n) is 16.7. The summed E-state index contributed by atoms with van der Waals surface area (Å²) < 4.78 is 14.0. The van der Waals surface area contributed by atoms with Gasteiger partial charge in [0.15, 0.2) is 5.96 Å². The van der Waals surface area contributed by atoms with Crippen LogP contribution in [0, 0.1) is 5.82 Å². The summed E-state index contributed by atoms with van der Waals surface area (Å²) in [4.78, 5) is 8.42. The fraction of sp³-hybridized carbons (Fsp3) is 0.632. The van der Waals surface area contributed by atoms with E-state index in [9.17, 15) is 4.39 Å². The van der Waals surface area contributed by atoms with E-state index in [2.05, 4.69) is 48.2 Å². The van der Waals surface area contributed by atoms with Crippen molar-refractivity contribution in [3.63, 3.8) is 0 Å². The first-order valence-corrected chi connectivity index (χ1v) is 8.92. The largest absolute Gasteiger partial charge is 0.375 e. The minimum atomic E-state index is -0.211. The lowest BCUT2D eigenvalue weighted by Crippen LogP contribution is -2.45. The zero-order valence-corrected chi connectivity index (χ0v) is 16.7. The Balaban J connectivity index is 2.51. The smallest absolute Gasteiger partial charge is 0.191 e. The van der Waals surface area contributed by atoms with Crippen molar-refractivity contribution in [1.29, 1.82) is 0 Å². The molecule has 0 aliphatic carbocycles. The molecule has 0 atom stereocenters. The Morgan fingerprint density at radius 1 is 1.12 bits per heavy atom. The van der Waals surface area contributed by atoms with Crippen LogP contribution in [0.1, 0.15) is 33.3 Å². The predicted molar refractivity (Wildman–Crippen MR) is 106 cm³/mol. The summed E-state index contributed by atoms with van der Waals surface area (Å²) in [5.41, 5.74) is 1.48. The summed E-state index contributed by atoms with van der Waals surface area (Å²) in [5, 5.41) is 6.55. The van der Waals surface area contributed by atoms with Gasteiger partial charge in [-0.1, -0.05) is 6.07 Å². The molecular weight excluding hydrogens is 317 g/mol. The van der Waals surface area contributed by atoms with E-state index in [-0.39, 0.29) is 5.82 Å². The molecule has 0 fully saturated rings. The van der Waals surface area contributed by atoms with E-state index in [1.165, 1.54) is 0 Å². The van der Waals surface area contributed by atoms with Crippen molar-refractivity contribution in [3.05, 3.63) is 29.6 Å². The molecule has 0 bridgehead atoms. The summed E-state index contributed by atoms with van der Waals surface area (Å²) in [6, 6.07) is 6.31. The van der Waals surface area contributed by atoms with E-state index in [0.29, 0.717) is 24.3 Å². The fourth-order valence-corrected chi connectivity index (χ4v) is 2.85. The van der Waals surface area contributed by atoms with Gasteiger partial charge in [0.1, 0.15) is 5.82 Å². The van der Waals surface area contributed by atoms with Crippen molar-refractivity contribution in [2.45, 2.75) is 46.3 Å². The highest BCUT2D eigenvalue weighted by Crippen LogP contribution is 2.18. The zero-order chi connectivity index (χ0) is 19.0. The van der Waals surface area contributed by atoms with Gasteiger partial charge in [-0.15, -0.1) is 0 Å². The third-order valence-electron chi connectivity index (χ3n) is 4.17. The lowest BCUT2D eigenvalue weighted by molar-refractivity contribution is 0.178. The number of nitrogens with one attached hydrogen (secondary N) is 2. The lowest BCUT2D eigenvalue weighted by atomic mass is 10.2. The van der Waals surface area contributed by atoms with Crippen LogP contribution in [-0.2, 0) is 6.54 Å². The van der Waals surface area contributed by atoms with Gasteiger partial charge < -0.3 is 15.5 Å². The van der Waals surface area contributed by atoms with Crippen LogP contribution in [0.4, 0.5) is 10.1 Å². The molecule has 1 rings (SSSR count). The molecule has 1 aromatic carbocycles. The summed E-state index contributed by atoms with van der Waals surface area (Å²) in [6.45, 7) is 11.1. The number of nitrogens with zero attached hydrogens (tertiary/aromatic N) is 3. The highest BCUT2D eigenvalue weighted by Gasteiger charge is 2.12. The maximum atomic E-state index is 14.0. The molecule has 5 nitrogen and oxygen atoms in total. The molecule has 0 radical (unpaired) electrons. The molecule has 0 saturated carbocycles. The maximum Gasteiger partial charge on any atom is 0.191 e. The van der Waals surface area contributed by atoms with Gasteiger partial charge in [-0.3, -0.25) is 9.89 Å². The van der Waals surface area contributed by atoms with Crippen LogP contribution in [0.15, 0.2) is 23.2 Å². The van der Waals surface area contributed by atoms with Gasteiger partial charge in [-0.05, 0) is 45.4 Å². The average molecular weight is 352 g/mol. The van der Waals surface area contributed by atoms with Gasteiger partial charge in [-0.25, -0.2) is 4.39 Å². The van der Waals surface area contributed by atoms with Gasteiger partial charge in [0.25, 0.3) is 0 Å². The molecule has 142 valence electrons. The van der Waals surface area contributed by atoms with Crippen molar-refractivity contribution in [2.24, 2.45) is 4.99 Å². The third kappa shape index (κ3) is 6.90. The van der Waals surface area contributed by atoms with Crippen LogP contribution in [-0.4, -0.2) is 57.2 Å². The van der Waals surface area contributed by atoms with Crippen LogP contribution in [0.2, 0.25) is 0 Å². The van der Waals surface area contributed by atoms with Gasteiger partial charge in [-0.2, -0.15) is 0 Å². The van der Waals surface area contributed by atoms with Gasteiger partial charge in [0.2, 0.25) is 0 Å². The molecule has 25 heavy (non-hydrogen) atoms. The van der Waals surface area contributed by atoms with E-state index < -0.39 is 0 Å². The lowest BCUT2D eigenvalue weighted by Gasteiger charge is -2.30. The SMILES string of the molecule is CN=C(NCCN(C(C)C)C(C)C)NCc1ccc(N(C)C)c(F)c1. The number of benzene rings is 1. The summed E-state index contributed by atoms with van der Waals surface area (Å²) in [6.07, 6.45) is 0. The first-order valence-electron chi connectivity index (χ1n) is 8.92. The van der Waals surface area contributed by atoms with E-state index in [0.717, 1.165) is 24.6 Å². The summed E-state index contributed by atoms with van der Waals surface area (Å²) in [5.74, 6) is 0.515. The van der Waals surface area contributed by atoms with Gasteiger partial charge >= 0.3 is 0 Å². The molecule has 0 aliphatic rings. The summed E-state index contributed by atoms with van der Waals surface area (Å²) in [7, 11) is 5.41. The molecule has 0 spiro atoms. The van der Waals surface area contributed by atoms with Crippen molar-refractivity contribution in [3.8, 4) is 0 Å². The van der Waals surface area contributed by atoms with Gasteiger partial charge in [0, 0.05) is 52.9 Å². The Kier molecular flexibility index (Phi) is 8.69. The Bertz CT molecular complexity index is 547. The molecule has 0 saturated heterocycles. The number of halogens is 1. The maximum absolute atomic E-state index is 14.0. The van der Waals surface area contributed by atoms with Crippen LogP contribution < -0.4 is 15.5 Å². The quantitative estimate of drug-likeness (QED) is 0.558. The van der Waals surface area contributed by atoms with Crippen molar-refractivity contribution in [1.82, 2.24) is 15.5 Å². The number of rotatable bonds is 8. The van der Waals surface area contributed by atoms with Crippen molar-refractivity contribution >= 4 is 11.6 Å². The van der Waals surface area contributed by atoms with Crippen LogP contribution in [0.3, 0.4) is 0 Å². The van der Waals surface area contributed by atoms with Gasteiger partial charge in [0.05, 0.1) is 5.69 Å². The molecule has 0 amide bonds. The third-order valence-corrected chi connectivity index (χ3v) is 4.17. The average Bonchev–Trinajstić information content (AvgIpc) is 2.53. The Labute approximate surface area is 152 Å². The number of anilines is 1. The minimum absolute atomic E-state index is 0.211. The van der Waals surface area contributed by atoms with Crippen molar-refractivity contribution in [2.75, 3.05) is 39.1 Å². The molecule has 6 heteroatoms. The van der Waals surface area contributed by atoms with E-state index in [1.54, 1.807) is 24.1 Å². The Morgan fingerprint density at radius 3 is 2.24 bits per heavy atom. The number of hydrogen-bond donors (Lipinski definition) is 2. The molecule has 0 aliphatic heterocycles. The second-order valence-electron chi connectivity index (χ2n) is 6.96. The molecular formula is C19H34FN5. The first-order chi connectivity index (χ1) is 11.8. The second-order valence-corrected chi connectivity index (χ2v) is 6.96. The van der Waals surface area contributed by atoms with E-state index >= 15 is 0 Å². The van der Waals surface area contributed by atoms with E-state index in [1.807, 2.05) is 20.2 Å². The first kappa shape index (κ1) is 21.2. The molecule has 1 aromatic rings. The number of guanidine groups is 1. The minimum Gasteiger partial charge on any atom is -0.375 e. The topological polar surface area (TPSA) is 42.9 Å². The van der Waals surface area contributed by atoms with Crippen LogP contribution in [0.5, 0.6) is 0 Å². The normalized spacial score (nSPS) is 12.2. The van der Waals surface area contributed by atoms with E-state index in [4.69, 9.17) is 0 Å². The molecule has 0 aromatic heterocycles. The summed E-state index contributed by atoms with van der Waals surface area (Å²) >= 11 is 0. The fourth-order valence-electron chi connectivity index (χ4n) is 2.85. The highest BCUT2D eigenvalue weighted by atomic mass is 19.1. The monoisotopic (exact) mass is 351 g/mol. The number of hydrogen-bond acceptors (Lipinski definition) is 3. The highest BCUT2D eigenvalue weighted by molar-refractivity contribution is 5.79. The molecule has 2 N–H and O–H groups in total. The molecule has 0 unspecified atom stereocenters. The molecule has 0 heterocycles. The predicted octanol–water partition coefficient (Wildman–Crippen LogP) is 2.68. The number of aliphatic imine (C=N–C) groups is 1. The Hall–Kier alpha value is -1.82. The van der Waals surface area contributed by atoms with Crippen LogP contribution in [0.25, 0.3) is 0 Å².